The van der Waals surface area contributed by atoms with Crippen molar-refractivity contribution >= 4 is 5.91 Å². The molecule has 2 unspecified atom stereocenters. The molecule has 1 amide bonds. The third-order valence-electron chi connectivity index (χ3n) is 4.00. The van der Waals surface area contributed by atoms with Crippen LogP contribution in [0.3, 0.4) is 0 Å². The van der Waals surface area contributed by atoms with Crippen molar-refractivity contribution in [3.8, 4) is 5.69 Å². The second-order valence-corrected chi connectivity index (χ2v) is 5.61. The van der Waals surface area contributed by atoms with Gasteiger partial charge in [0.1, 0.15) is 5.82 Å². The molecule has 1 aromatic heterocycles. The lowest BCUT2D eigenvalue weighted by Crippen LogP contribution is -2.31. The van der Waals surface area contributed by atoms with Gasteiger partial charge in [-0.3, -0.25) is 4.79 Å². The minimum Gasteiger partial charge on any atom is -0.349 e. The van der Waals surface area contributed by atoms with E-state index in [0.29, 0.717) is 0 Å². The number of aromatic nitrogens is 2. The van der Waals surface area contributed by atoms with Crippen LogP contribution in [0.1, 0.15) is 44.5 Å². The maximum atomic E-state index is 13.0. The number of benzene rings is 1. The molecule has 0 radical (unpaired) electrons. The van der Waals surface area contributed by atoms with Gasteiger partial charge in [0.25, 0.3) is 0 Å². The standard InChI is InChI=1S/C17H22FN3O/c1-5-11(2)17(22)20-12(3)16-10-19-21(13(16)4)15-8-6-14(18)7-9-15/h6-12H,5H2,1-4H3,(H,20,22). The third-order valence-corrected chi connectivity index (χ3v) is 4.00. The van der Waals surface area contributed by atoms with Crippen LogP contribution >= 0.6 is 0 Å². The fraction of sp³-hybridized carbons (Fsp3) is 0.412. The number of nitrogens with one attached hydrogen (secondary N) is 1. The first-order valence-electron chi connectivity index (χ1n) is 7.54. The number of nitrogens with zero attached hydrogens (tertiary/aromatic N) is 2. The highest BCUT2D eigenvalue weighted by Crippen LogP contribution is 2.20. The van der Waals surface area contributed by atoms with Gasteiger partial charge in [-0.15, -0.1) is 0 Å². The van der Waals surface area contributed by atoms with Crippen molar-refractivity contribution in [3.63, 3.8) is 0 Å². The smallest absolute Gasteiger partial charge is 0.223 e. The van der Waals surface area contributed by atoms with Crippen molar-refractivity contribution in [3.05, 3.63) is 47.5 Å². The lowest BCUT2D eigenvalue weighted by molar-refractivity contribution is -0.125. The first kappa shape index (κ1) is 16.2. The van der Waals surface area contributed by atoms with Crippen LogP contribution in [-0.4, -0.2) is 15.7 Å². The number of carbonyl (C=O) groups excluding carboxylic acids is 1. The zero-order valence-electron chi connectivity index (χ0n) is 13.4. The Morgan fingerprint density at radius 2 is 1.95 bits per heavy atom. The van der Waals surface area contributed by atoms with Gasteiger partial charge in [0.2, 0.25) is 5.91 Å². The highest BCUT2D eigenvalue weighted by atomic mass is 19.1. The van der Waals surface area contributed by atoms with Gasteiger partial charge < -0.3 is 5.32 Å². The van der Waals surface area contributed by atoms with E-state index in [1.165, 1.54) is 12.1 Å². The van der Waals surface area contributed by atoms with E-state index in [1.807, 2.05) is 27.7 Å². The molecule has 0 saturated carbocycles. The Morgan fingerprint density at radius 3 is 2.55 bits per heavy atom. The number of rotatable bonds is 5. The number of halogens is 1. The Kier molecular flexibility index (Phi) is 4.96. The maximum Gasteiger partial charge on any atom is 0.223 e. The van der Waals surface area contributed by atoms with Gasteiger partial charge in [-0.05, 0) is 44.5 Å². The van der Waals surface area contributed by atoms with E-state index < -0.39 is 0 Å². The van der Waals surface area contributed by atoms with Crippen LogP contribution in [0.2, 0.25) is 0 Å². The summed E-state index contributed by atoms with van der Waals surface area (Å²) in [5.74, 6) is -0.234. The molecule has 2 aromatic rings. The first-order chi connectivity index (χ1) is 10.4. The minimum absolute atomic E-state index is 0.00472. The molecule has 1 aromatic carbocycles. The molecule has 0 saturated heterocycles. The van der Waals surface area contributed by atoms with Crippen LogP contribution in [0.25, 0.3) is 5.69 Å². The molecule has 22 heavy (non-hydrogen) atoms. The molecular formula is C17H22FN3O. The third kappa shape index (κ3) is 3.35. The monoisotopic (exact) mass is 303 g/mol. The van der Waals surface area contributed by atoms with Crippen molar-refractivity contribution in [2.24, 2.45) is 5.92 Å². The summed E-state index contributed by atoms with van der Waals surface area (Å²) in [6.45, 7) is 7.79. The van der Waals surface area contributed by atoms with E-state index in [0.717, 1.165) is 23.4 Å². The van der Waals surface area contributed by atoms with Gasteiger partial charge in [-0.1, -0.05) is 13.8 Å². The molecule has 0 aliphatic carbocycles. The van der Waals surface area contributed by atoms with Crippen LogP contribution in [0.4, 0.5) is 4.39 Å². The van der Waals surface area contributed by atoms with Gasteiger partial charge in [-0.2, -0.15) is 5.10 Å². The zero-order chi connectivity index (χ0) is 16.3. The molecule has 0 aliphatic rings. The lowest BCUT2D eigenvalue weighted by Gasteiger charge is -2.17. The Labute approximate surface area is 130 Å². The van der Waals surface area contributed by atoms with E-state index >= 15 is 0 Å². The summed E-state index contributed by atoms with van der Waals surface area (Å²) in [6, 6.07) is 6.06. The SMILES string of the molecule is CCC(C)C(=O)NC(C)c1cnn(-c2ccc(F)cc2)c1C. The predicted molar refractivity (Wildman–Crippen MR) is 84.3 cm³/mol. The van der Waals surface area contributed by atoms with E-state index in [-0.39, 0.29) is 23.7 Å². The van der Waals surface area contributed by atoms with Gasteiger partial charge >= 0.3 is 0 Å². The van der Waals surface area contributed by atoms with E-state index in [4.69, 9.17) is 0 Å². The van der Waals surface area contributed by atoms with E-state index in [9.17, 15) is 9.18 Å². The maximum absolute atomic E-state index is 13.0. The summed E-state index contributed by atoms with van der Waals surface area (Å²) < 4.78 is 14.8. The summed E-state index contributed by atoms with van der Waals surface area (Å²) in [6.07, 6.45) is 2.56. The Hall–Kier alpha value is -2.17. The molecule has 2 rings (SSSR count). The largest absolute Gasteiger partial charge is 0.349 e. The van der Waals surface area contributed by atoms with Crippen LogP contribution in [0.5, 0.6) is 0 Å². The molecule has 0 bridgehead atoms. The number of hydrogen-bond donors (Lipinski definition) is 1. The van der Waals surface area contributed by atoms with Crippen LogP contribution < -0.4 is 5.32 Å². The normalized spacial score (nSPS) is 13.7. The number of hydrogen-bond acceptors (Lipinski definition) is 2. The Bertz CT molecular complexity index is 648. The van der Waals surface area contributed by atoms with Crippen molar-refractivity contribution < 1.29 is 9.18 Å². The first-order valence-corrected chi connectivity index (χ1v) is 7.54. The predicted octanol–water partition coefficient (Wildman–Crippen LogP) is 3.54. The van der Waals surface area contributed by atoms with Crippen LogP contribution in [0.15, 0.2) is 30.5 Å². The molecule has 0 spiro atoms. The second kappa shape index (κ2) is 6.73. The Morgan fingerprint density at radius 1 is 1.32 bits per heavy atom. The summed E-state index contributed by atoms with van der Waals surface area (Å²) >= 11 is 0. The van der Waals surface area contributed by atoms with Crippen molar-refractivity contribution in [1.29, 1.82) is 0 Å². The number of amides is 1. The highest BCUT2D eigenvalue weighted by Gasteiger charge is 2.18. The summed E-state index contributed by atoms with van der Waals surface area (Å²) in [5.41, 5.74) is 2.69. The molecule has 5 heteroatoms. The molecule has 4 nitrogen and oxygen atoms in total. The Balaban J connectivity index is 2.20. The van der Waals surface area contributed by atoms with Crippen molar-refractivity contribution in [2.45, 2.75) is 40.2 Å². The molecular weight excluding hydrogens is 281 g/mol. The molecule has 1 heterocycles. The fourth-order valence-electron chi connectivity index (χ4n) is 2.31. The van der Waals surface area contributed by atoms with Crippen LogP contribution in [0, 0.1) is 18.7 Å². The molecule has 0 aliphatic heterocycles. The van der Waals surface area contributed by atoms with Crippen molar-refractivity contribution in [2.75, 3.05) is 0 Å². The molecule has 0 fully saturated rings. The summed E-state index contributed by atoms with van der Waals surface area (Å²) in [7, 11) is 0. The highest BCUT2D eigenvalue weighted by molar-refractivity contribution is 5.78. The number of carbonyl (C=O) groups is 1. The average molecular weight is 303 g/mol. The summed E-state index contributed by atoms with van der Waals surface area (Å²) in [4.78, 5) is 12.0. The van der Waals surface area contributed by atoms with Gasteiger partial charge in [0.05, 0.1) is 17.9 Å². The summed E-state index contributed by atoms with van der Waals surface area (Å²) in [5, 5.41) is 7.36. The fourth-order valence-corrected chi connectivity index (χ4v) is 2.31. The quantitative estimate of drug-likeness (QED) is 0.918. The second-order valence-electron chi connectivity index (χ2n) is 5.61. The van der Waals surface area contributed by atoms with Gasteiger partial charge in [0.15, 0.2) is 0 Å². The minimum atomic E-state index is -0.275. The van der Waals surface area contributed by atoms with Crippen LogP contribution in [-0.2, 0) is 4.79 Å². The van der Waals surface area contributed by atoms with E-state index in [1.54, 1.807) is 23.0 Å². The lowest BCUT2D eigenvalue weighted by atomic mass is 10.1. The average Bonchev–Trinajstić information content (AvgIpc) is 2.89. The van der Waals surface area contributed by atoms with Crippen molar-refractivity contribution in [1.82, 2.24) is 15.1 Å². The topological polar surface area (TPSA) is 46.9 Å². The van der Waals surface area contributed by atoms with Gasteiger partial charge in [-0.25, -0.2) is 9.07 Å². The molecule has 1 N–H and O–H groups in total. The molecule has 118 valence electrons. The molecule has 2 atom stereocenters. The zero-order valence-corrected chi connectivity index (χ0v) is 13.4. The van der Waals surface area contributed by atoms with Gasteiger partial charge in [0, 0.05) is 17.2 Å². The van der Waals surface area contributed by atoms with E-state index in [2.05, 4.69) is 10.4 Å².